The molecule has 23 heavy (non-hydrogen) atoms. The topological polar surface area (TPSA) is 52.6 Å². The molecule has 0 fully saturated rings. The van der Waals surface area contributed by atoms with Crippen molar-refractivity contribution in [2.75, 3.05) is 5.32 Å². The summed E-state index contributed by atoms with van der Waals surface area (Å²) in [6, 6.07) is 11.9. The molecule has 1 heterocycles. The highest BCUT2D eigenvalue weighted by Gasteiger charge is 2.44. The number of nitrogens with zero attached hydrogens (tertiary/aromatic N) is 1. The lowest BCUT2D eigenvalue weighted by Crippen LogP contribution is -2.52. The number of halogens is 1. The Labute approximate surface area is 140 Å². The summed E-state index contributed by atoms with van der Waals surface area (Å²) < 4.78 is 0. The molecular formula is C18H17ClN2O2. The molecule has 1 unspecified atom stereocenters. The second kappa shape index (κ2) is 5.32. The fraction of sp³-hybridized carbons (Fsp3) is 0.167. The minimum absolute atomic E-state index is 0.172. The van der Waals surface area contributed by atoms with Crippen LogP contribution in [0, 0.1) is 0 Å². The highest BCUT2D eigenvalue weighted by molar-refractivity contribution is 6.30. The van der Waals surface area contributed by atoms with Crippen molar-refractivity contribution >= 4 is 23.3 Å². The van der Waals surface area contributed by atoms with Crippen LogP contribution in [0.25, 0.3) is 0 Å². The zero-order chi connectivity index (χ0) is 16.8. The van der Waals surface area contributed by atoms with Crippen LogP contribution >= 0.6 is 11.6 Å². The second-order valence-electron chi connectivity index (χ2n) is 5.81. The third kappa shape index (κ3) is 2.35. The van der Waals surface area contributed by atoms with Crippen LogP contribution < -0.4 is 5.32 Å². The highest BCUT2D eigenvalue weighted by Crippen LogP contribution is 2.45. The van der Waals surface area contributed by atoms with E-state index in [9.17, 15) is 9.90 Å². The molecule has 0 radical (unpaired) electrons. The van der Waals surface area contributed by atoms with Gasteiger partial charge in [-0.2, -0.15) is 0 Å². The number of fused-ring (bicyclic) bond motifs is 1. The van der Waals surface area contributed by atoms with Gasteiger partial charge in [0, 0.05) is 22.0 Å². The van der Waals surface area contributed by atoms with Gasteiger partial charge in [-0.15, -0.1) is 0 Å². The van der Waals surface area contributed by atoms with Crippen molar-refractivity contribution in [3.05, 3.63) is 70.9 Å². The van der Waals surface area contributed by atoms with Crippen molar-refractivity contribution in [1.29, 1.82) is 0 Å². The van der Waals surface area contributed by atoms with E-state index in [2.05, 4.69) is 11.9 Å². The number of hydrogen-bond acceptors (Lipinski definition) is 2. The number of amides is 2. The Morgan fingerprint density at radius 1 is 1.26 bits per heavy atom. The smallest absolute Gasteiger partial charge is 0.327 e. The minimum Gasteiger partial charge on any atom is -0.508 e. The van der Waals surface area contributed by atoms with Crippen LogP contribution in [0.1, 0.15) is 25.0 Å². The highest BCUT2D eigenvalue weighted by atomic mass is 35.5. The van der Waals surface area contributed by atoms with Crippen molar-refractivity contribution in [1.82, 2.24) is 4.90 Å². The first-order valence-electron chi connectivity index (χ1n) is 7.20. The number of phenolic OH excluding ortho intramolecular Hbond substituents is 1. The van der Waals surface area contributed by atoms with Crippen molar-refractivity contribution in [2.45, 2.75) is 19.4 Å². The molecule has 0 spiro atoms. The van der Waals surface area contributed by atoms with E-state index in [-0.39, 0.29) is 11.8 Å². The number of carbonyl (C=O) groups is 1. The predicted molar refractivity (Wildman–Crippen MR) is 91.7 cm³/mol. The summed E-state index contributed by atoms with van der Waals surface area (Å²) in [4.78, 5) is 14.2. The Balaban J connectivity index is 2.31. The van der Waals surface area contributed by atoms with Gasteiger partial charge in [-0.3, -0.25) is 4.90 Å². The van der Waals surface area contributed by atoms with E-state index in [1.54, 1.807) is 48.2 Å². The van der Waals surface area contributed by atoms with E-state index in [0.29, 0.717) is 16.4 Å². The number of hydrogen-bond donors (Lipinski definition) is 2. The average molecular weight is 329 g/mol. The van der Waals surface area contributed by atoms with Gasteiger partial charge >= 0.3 is 6.03 Å². The van der Waals surface area contributed by atoms with Crippen LogP contribution in [0.3, 0.4) is 0 Å². The zero-order valence-corrected chi connectivity index (χ0v) is 13.7. The summed E-state index contributed by atoms with van der Waals surface area (Å²) in [5.41, 5.74) is 2.29. The number of urea groups is 1. The Morgan fingerprint density at radius 3 is 2.52 bits per heavy atom. The van der Waals surface area contributed by atoms with E-state index in [1.807, 2.05) is 13.0 Å². The van der Waals surface area contributed by atoms with E-state index < -0.39 is 5.54 Å². The fourth-order valence-electron chi connectivity index (χ4n) is 3.15. The van der Waals surface area contributed by atoms with Gasteiger partial charge in [0.2, 0.25) is 0 Å². The lowest BCUT2D eigenvalue weighted by atomic mass is 9.80. The zero-order valence-electron chi connectivity index (χ0n) is 12.9. The van der Waals surface area contributed by atoms with Crippen LogP contribution in [0.5, 0.6) is 5.75 Å². The molecule has 2 aromatic carbocycles. The first-order chi connectivity index (χ1) is 10.8. The maximum Gasteiger partial charge on any atom is 0.327 e. The molecule has 1 aliphatic rings. The van der Waals surface area contributed by atoms with E-state index >= 15 is 0 Å². The van der Waals surface area contributed by atoms with Gasteiger partial charge in [-0.1, -0.05) is 30.3 Å². The van der Waals surface area contributed by atoms with Crippen LogP contribution in [0.15, 0.2) is 54.7 Å². The molecule has 4 nitrogen and oxygen atoms in total. The van der Waals surface area contributed by atoms with Crippen LogP contribution in [0.2, 0.25) is 5.02 Å². The number of rotatable bonds is 2. The van der Waals surface area contributed by atoms with Gasteiger partial charge in [0.25, 0.3) is 0 Å². The summed E-state index contributed by atoms with van der Waals surface area (Å²) in [5.74, 6) is 0.172. The van der Waals surface area contributed by atoms with Gasteiger partial charge in [0.1, 0.15) is 5.75 Å². The van der Waals surface area contributed by atoms with Gasteiger partial charge in [-0.05, 0) is 49.7 Å². The molecular weight excluding hydrogens is 312 g/mol. The maximum atomic E-state index is 12.6. The Morgan fingerprint density at radius 2 is 1.91 bits per heavy atom. The molecule has 1 aliphatic heterocycles. The molecule has 2 aromatic rings. The quantitative estimate of drug-likeness (QED) is 0.840. The molecule has 0 saturated heterocycles. The number of phenols is 1. The van der Waals surface area contributed by atoms with Crippen molar-refractivity contribution < 1.29 is 9.90 Å². The van der Waals surface area contributed by atoms with Crippen molar-refractivity contribution in [3.63, 3.8) is 0 Å². The largest absolute Gasteiger partial charge is 0.508 e. The normalized spacial score (nSPS) is 20.0. The molecule has 0 saturated carbocycles. The van der Waals surface area contributed by atoms with Crippen molar-refractivity contribution in [3.8, 4) is 5.75 Å². The summed E-state index contributed by atoms with van der Waals surface area (Å²) in [6.07, 6.45) is 0. The minimum atomic E-state index is -0.776. The Bertz CT molecular complexity index is 801. The Kier molecular flexibility index (Phi) is 3.57. The van der Waals surface area contributed by atoms with Crippen LogP contribution in [-0.4, -0.2) is 16.0 Å². The molecule has 2 N–H and O–H groups in total. The second-order valence-corrected chi connectivity index (χ2v) is 6.25. The fourth-order valence-corrected chi connectivity index (χ4v) is 3.32. The number of carbonyl (C=O) groups excluding carboxylic acids is 1. The number of aromatic hydroxyl groups is 1. The van der Waals surface area contributed by atoms with E-state index in [1.165, 1.54) is 0 Å². The maximum absolute atomic E-state index is 12.6. The summed E-state index contributed by atoms with van der Waals surface area (Å²) in [5, 5.41) is 13.0. The molecule has 0 bridgehead atoms. The molecule has 5 heteroatoms. The average Bonchev–Trinajstić information content (AvgIpc) is 2.48. The summed E-state index contributed by atoms with van der Waals surface area (Å²) >= 11 is 6.19. The lowest BCUT2D eigenvalue weighted by Gasteiger charge is -2.46. The van der Waals surface area contributed by atoms with Crippen LogP contribution in [-0.2, 0) is 5.54 Å². The van der Waals surface area contributed by atoms with Gasteiger partial charge in [0.05, 0.1) is 5.54 Å². The monoisotopic (exact) mass is 328 g/mol. The summed E-state index contributed by atoms with van der Waals surface area (Å²) in [6.45, 7) is 7.68. The third-order valence-electron chi connectivity index (χ3n) is 4.21. The molecule has 0 aliphatic carbocycles. The number of allylic oxidation sites excluding steroid dienone is 1. The van der Waals surface area contributed by atoms with Gasteiger partial charge in [-0.25, -0.2) is 4.79 Å². The molecule has 2 amide bonds. The van der Waals surface area contributed by atoms with Gasteiger partial charge < -0.3 is 10.4 Å². The lowest BCUT2D eigenvalue weighted by molar-refractivity contribution is 0.180. The summed E-state index contributed by atoms with van der Waals surface area (Å²) in [7, 11) is 0. The molecule has 118 valence electrons. The standard InChI is InChI=1S/C18H17ClN2O2/c1-11(2)21-17(23)20-16-9-6-13(19)10-15(16)18(21,3)12-4-7-14(22)8-5-12/h4-10,22H,1H2,2-3H3,(H,20,23). The molecule has 1 atom stereocenters. The molecule has 3 rings (SSSR count). The van der Waals surface area contributed by atoms with Gasteiger partial charge in [0.15, 0.2) is 0 Å². The molecule has 0 aromatic heterocycles. The van der Waals surface area contributed by atoms with Crippen LogP contribution in [0.4, 0.5) is 10.5 Å². The first-order valence-corrected chi connectivity index (χ1v) is 7.58. The SMILES string of the molecule is C=C(C)N1C(=O)Nc2ccc(Cl)cc2C1(C)c1ccc(O)cc1. The first kappa shape index (κ1) is 15.4. The Hall–Kier alpha value is -2.46. The predicted octanol–water partition coefficient (Wildman–Crippen LogP) is 4.69. The third-order valence-corrected chi connectivity index (χ3v) is 4.44. The van der Waals surface area contributed by atoms with Crippen molar-refractivity contribution in [2.24, 2.45) is 0 Å². The number of anilines is 1. The van der Waals surface area contributed by atoms with E-state index in [4.69, 9.17) is 11.6 Å². The van der Waals surface area contributed by atoms with E-state index in [0.717, 1.165) is 11.1 Å². The number of nitrogens with one attached hydrogen (secondary N) is 1. The number of benzene rings is 2.